The summed E-state index contributed by atoms with van der Waals surface area (Å²) >= 11 is 0. The van der Waals surface area contributed by atoms with E-state index in [2.05, 4.69) is 39.9 Å². The third-order valence-corrected chi connectivity index (χ3v) is 6.28. The Morgan fingerprint density at radius 1 is 0.902 bits per heavy atom. The minimum atomic E-state index is -1.15. The number of amides is 2. The number of nitrogens with two attached hydrogens (primary N) is 1. The summed E-state index contributed by atoms with van der Waals surface area (Å²) in [6.07, 6.45) is 3.48. The molecular weight excluding hydrogens is 561 g/mol. The van der Waals surface area contributed by atoms with Crippen LogP contribution in [0.15, 0.2) is 104 Å². The molecule has 8 nitrogen and oxygen atoms in total. The van der Waals surface area contributed by atoms with Gasteiger partial charge in [-0.05, 0) is 30.5 Å². The average Bonchev–Trinajstić information content (AvgIpc) is 3.38. The maximum absolute atomic E-state index is 13.2. The average molecular weight is 599 g/mol. The highest BCUT2D eigenvalue weighted by atomic mass is 35.5. The van der Waals surface area contributed by atoms with Crippen molar-refractivity contribution in [2.45, 2.75) is 44.5 Å². The number of imidazole rings is 1. The number of rotatable bonds is 12. The Morgan fingerprint density at radius 2 is 1.44 bits per heavy atom. The number of halogens is 2. The number of hydrogen-bond acceptors (Lipinski definition) is 5. The van der Waals surface area contributed by atoms with E-state index in [0.717, 1.165) is 5.56 Å². The number of carbonyl (C=O) groups is 2. The Labute approximate surface area is 253 Å². The van der Waals surface area contributed by atoms with Gasteiger partial charge in [-0.25, -0.2) is 4.98 Å². The van der Waals surface area contributed by atoms with E-state index in [-0.39, 0.29) is 37.3 Å². The SMILES string of the molecule is CC(C)(N)C(=O)N[C@H](COCc1ccccc1)C(=O)Nc1cn(CC(c2ccccc2)c2ccccc2)cn1.Cl.Cl. The minimum Gasteiger partial charge on any atom is -0.374 e. The zero-order valence-corrected chi connectivity index (χ0v) is 24.7. The normalized spacial score (nSPS) is 11.6. The highest BCUT2D eigenvalue weighted by Gasteiger charge is 2.28. The third kappa shape index (κ3) is 10.0. The zero-order chi connectivity index (χ0) is 27.7. The van der Waals surface area contributed by atoms with Gasteiger partial charge in [0.05, 0.1) is 25.1 Å². The number of aromatic nitrogens is 2. The Bertz CT molecular complexity index is 1310. The largest absolute Gasteiger partial charge is 0.374 e. The van der Waals surface area contributed by atoms with Crippen LogP contribution in [0.25, 0.3) is 0 Å². The second-order valence-corrected chi connectivity index (χ2v) is 10.1. The van der Waals surface area contributed by atoms with Crippen LogP contribution in [0.3, 0.4) is 0 Å². The van der Waals surface area contributed by atoms with E-state index in [1.807, 2.05) is 71.3 Å². The van der Waals surface area contributed by atoms with Gasteiger partial charge in [-0.2, -0.15) is 0 Å². The highest BCUT2D eigenvalue weighted by Crippen LogP contribution is 2.26. The van der Waals surface area contributed by atoms with Gasteiger partial charge in [0.25, 0.3) is 5.91 Å². The number of carbonyl (C=O) groups excluding carboxylic acids is 2. The second kappa shape index (κ2) is 15.9. The quantitative estimate of drug-likeness (QED) is 0.214. The molecule has 10 heteroatoms. The second-order valence-electron chi connectivity index (χ2n) is 10.1. The van der Waals surface area contributed by atoms with Crippen molar-refractivity contribution < 1.29 is 14.3 Å². The molecule has 2 amide bonds. The van der Waals surface area contributed by atoms with Gasteiger partial charge < -0.3 is 25.7 Å². The van der Waals surface area contributed by atoms with Crippen molar-refractivity contribution in [2.24, 2.45) is 5.73 Å². The minimum absolute atomic E-state index is 0. The van der Waals surface area contributed by atoms with Gasteiger partial charge in [0.1, 0.15) is 6.04 Å². The Morgan fingerprint density at radius 3 is 1.98 bits per heavy atom. The van der Waals surface area contributed by atoms with Crippen LogP contribution in [-0.4, -0.2) is 39.6 Å². The van der Waals surface area contributed by atoms with Crippen molar-refractivity contribution in [3.8, 4) is 0 Å². The number of ether oxygens (including phenoxy) is 1. The summed E-state index contributed by atoms with van der Waals surface area (Å²) in [5.41, 5.74) is 8.13. The van der Waals surface area contributed by atoms with Crippen LogP contribution in [0.2, 0.25) is 0 Å². The van der Waals surface area contributed by atoms with E-state index in [1.165, 1.54) is 11.1 Å². The summed E-state index contributed by atoms with van der Waals surface area (Å²) in [4.78, 5) is 30.2. The third-order valence-electron chi connectivity index (χ3n) is 6.28. The molecule has 4 N–H and O–H groups in total. The van der Waals surface area contributed by atoms with E-state index in [4.69, 9.17) is 10.5 Å². The van der Waals surface area contributed by atoms with Gasteiger partial charge in [-0.3, -0.25) is 9.59 Å². The van der Waals surface area contributed by atoms with E-state index in [1.54, 1.807) is 26.4 Å². The van der Waals surface area contributed by atoms with Crippen LogP contribution in [0.1, 0.15) is 36.5 Å². The summed E-state index contributed by atoms with van der Waals surface area (Å²) in [5.74, 6) is -0.400. The standard InChI is InChI=1S/C31H35N5O3.2ClH/c1-31(2,32)30(38)34-27(21-39-20-23-12-6-3-7-13-23)29(37)35-28-19-36(22-33-28)18-26(24-14-8-4-9-15-24)25-16-10-5-11-17-25;;/h3-17,19,22,26-27H,18,20-21,32H2,1-2H3,(H,34,38)(H,35,37);2*1H/t27-;;/m1../s1. The monoisotopic (exact) mass is 597 g/mol. The molecule has 0 fully saturated rings. The van der Waals surface area contributed by atoms with E-state index < -0.39 is 23.4 Å². The van der Waals surface area contributed by atoms with Gasteiger partial charge >= 0.3 is 0 Å². The van der Waals surface area contributed by atoms with Crippen LogP contribution in [-0.2, 0) is 27.5 Å². The first kappa shape index (κ1) is 33.5. The number of benzene rings is 3. The number of anilines is 1. The number of nitrogens with one attached hydrogen (secondary N) is 2. The molecule has 0 saturated heterocycles. The molecule has 4 rings (SSSR count). The smallest absolute Gasteiger partial charge is 0.250 e. The molecule has 3 aromatic carbocycles. The molecule has 0 aliphatic carbocycles. The molecule has 1 aromatic heterocycles. The topological polar surface area (TPSA) is 111 Å². The molecule has 0 saturated carbocycles. The summed E-state index contributed by atoms with van der Waals surface area (Å²) in [5, 5.41) is 5.52. The summed E-state index contributed by atoms with van der Waals surface area (Å²) < 4.78 is 7.72. The van der Waals surface area contributed by atoms with Crippen molar-refractivity contribution in [3.63, 3.8) is 0 Å². The van der Waals surface area contributed by atoms with Crippen molar-refractivity contribution in [2.75, 3.05) is 11.9 Å². The highest BCUT2D eigenvalue weighted by molar-refractivity contribution is 5.98. The lowest BCUT2D eigenvalue weighted by Gasteiger charge is -2.23. The molecule has 218 valence electrons. The van der Waals surface area contributed by atoms with Crippen LogP contribution in [0.4, 0.5) is 5.82 Å². The molecule has 41 heavy (non-hydrogen) atoms. The van der Waals surface area contributed by atoms with E-state index >= 15 is 0 Å². The summed E-state index contributed by atoms with van der Waals surface area (Å²) in [6.45, 7) is 4.09. The van der Waals surface area contributed by atoms with Crippen LogP contribution >= 0.6 is 24.8 Å². The maximum atomic E-state index is 13.2. The fraction of sp³-hybridized carbons (Fsp3) is 0.258. The molecule has 0 aliphatic rings. The van der Waals surface area contributed by atoms with Crippen LogP contribution in [0.5, 0.6) is 0 Å². The summed E-state index contributed by atoms with van der Waals surface area (Å²) in [6, 6.07) is 29.2. The zero-order valence-electron chi connectivity index (χ0n) is 23.1. The lowest BCUT2D eigenvalue weighted by molar-refractivity contribution is -0.130. The first-order valence-electron chi connectivity index (χ1n) is 12.9. The molecule has 1 atom stereocenters. The van der Waals surface area contributed by atoms with Crippen molar-refractivity contribution >= 4 is 42.4 Å². The lowest BCUT2D eigenvalue weighted by atomic mass is 9.91. The Balaban J connectivity index is 0.00000294. The van der Waals surface area contributed by atoms with Gasteiger partial charge in [0.15, 0.2) is 5.82 Å². The van der Waals surface area contributed by atoms with Crippen molar-refractivity contribution in [1.82, 2.24) is 14.9 Å². The lowest BCUT2D eigenvalue weighted by Crippen LogP contribution is -2.56. The molecule has 0 spiro atoms. The van der Waals surface area contributed by atoms with Gasteiger partial charge in [0, 0.05) is 18.7 Å². The molecule has 0 radical (unpaired) electrons. The molecule has 0 aliphatic heterocycles. The molecule has 0 bridgehead atoms. The van der Waals surface area contributed by atoms with Crippen LogP contribution in [0, 0.1) is 0 Å². The van der Waals surface area contributed by atoms with Gasteiger partial charge in [0.2, 0.25) is 5.91 Å². The summed E-state index contributed by atoms with van der Waals surface area (Å²) in [7, 11) is 0. The van der Waals surface area contributed by atoms with E-state index in [0.29, 0.717) is 19.0 Å². The molecule has 0 unspecified atom stereocenters. The molecular formula is C31H37Cl2N5O3. The first-order chi connectivity index (χ1) is 18.8. The Hall–Kier alpha value is -3.69. The number of hydrogen-bond donors (Lipinski definition) is 3. The molecule has 1 heterocycles. The molecule has 4 aromatic rings. The van der Waals surface area contributed by atoms with Crippen molar-refractivity contribution in [3.05, 3.63) is 120 Å². The predicted molar refractivity (Wildman–Crippen MR) is 166 cm³/mol. The van der Waals surface area contributed by atoms with Gasteiger partial charge in [-0.1, -0.05) is 91.0 Å². The Kier molecular flexibility index (Phi) is 13.0. The van der Waals surface area contributed by atoms with Crippen molar-refractivity contribution in [1.29, 1.82) is 0 Å². The van der Waals surface area contributed by atoms with Gasteiger partial charge in [-0.15, -0.1) is 24.8 Å². The fourth-order valence-corrected chi connectivity index (χ4v) is 4.12. The predicted octanol–water partition coefficient (Wildman–Crippen LogP) is 4.94. The maximum Gasteiger partial charge on any atom is 0.250 e. The van der Waals surface area contributed by atoms with Crippen LogP contribution < -0.4 is 16.4 Å². The number of nitrogens with zero attached hydrogens (tertiary/aromatic N) is 2. The first-order valence-corrected chi connectivity index (χ1v) is 12.9. The van der Waals surface area contributed by atoms with E-state index in [9.17, 15) is 9.59 Å². The fourth-order valence-electron chi connectivity index (χ4n) is 4.12.